The third-order valence-corrected chi connectivity index (χ3v) is 8.04. The van der Waals surface area contributed by atoms with Crippen LogP contribution in [0.1, 0.15) is 116 Å². The van der Waals surface area contributed by atoms with Gasteiger partial charge in [-0.25, -0.2) is 14.4 Å². The van der Waals surface area contributed by atoms with Gasteiger partial charge in [0.15, 0.2) is 17.3 Å². The monoisotopic (exact) mass is 768 g/mol. The minimum Gasteiger partial charge on any atom is -0.494 e. The van der Waals surface area contributed by atoms with Gasteiger partial charge in [0.25, 0.3) is 0 Å². The first-order valence-electron chi connectivity index (χ1n) is 18.2. The average Bonchev–Trinajstić information content (AvgIpc) is 3.20. The summed E-state index contributed by atoms with van der Waals surface area (Å²) in [5.41, 5.74) is 2.73. The predicted octanol–water partition coefficient (Wildman–Crippen LogP) is 8.93. The molecule has 0 unspecified atom stereocenters. The van der Waals surface area contributed by atoms with Gasteiger partial charge in [-0.1, -0.05) is 39.8 Å². The highest BCUT2D eigenvalue weighted by atomic mass is 16.5. The van der Waals surface area contributed by atoms with Gasteiger partial charge in [0, 0.05) is 16.7 Å². The van der Waals surface area contributed by atoms with Crippen molar-refractivity contribution in [3.05, 3.63) is 130 Å². The highest BCUT2D eigenvalue weighted by Crippen LogP contribution is 2.17. The first-order chi connectivity index (χ1) is 26.7. The van der Waals surface area contributed by atoms with Crippen molar-refractivity contribution in [3.8, 4) is 11.5 Å². The van der Waals surface area contributed by atoms with E-state index in [0.29, 0.717) is 52.0 Å². The topological polar surface area (TPSA) is 149 Å². The van der Waals surface area contributed by atoms with E-state index in [4.69, 9.17) is 9.47 Å². The van der Waals surface area contributed by atoms with Gasteiger partial charge < -0.3 is 23.7 Å². The maximum Gasteiger partial charge on any atom is 0.337 e. The highest BCUT2D eigenvalue weighted by molar-refractivity contribution is 6.13. The SMILES string of the molecule is CC(=O)c1ccc(OCCC(C)C)cc1.COC(=O)c1ccc(C(=O)CC(=O)c2ccc(OCCC(C)C)cc2)cc1.COC(=O)c1ccc(C(=O)OC)cc1. The van der Waals surface area contributed by atoms with Crippen molar-refractivity contribution in [2.24, 2.45) is 11.8 Å². The summed E-state index contributed by atoms with van der Waals surface area (Å²) in [6.45, 7) is 11.5. The van der Waals surface area contributed by atoms with E-state index in [1.165, 1.54) is 69.9 Å². The number of methoxy groups -OCH3 is 3. The highest BCUT2D eigenvalue weighted by Gasteiger charge is 2.15. The molecule has 0 amide bonds. The second kappa shape index (κ2) is 24.3. The van der Waals surface area contributed by atoms with Crippen LogP contribution in [0.3, 0.4) is 0 Å². The average molecular weight is 769 g/mol. The Morgan fingerprint density at radius 1 is 0.429 bits per heavy atom. The second-order valence-electron chi connectivity index (χ2n) is 13.3. The van der Waals surface area contributed by atoms with Crippen LogP contribution in [0.15, 0.2) is 97.1 Å². The minimum atomic E-state index is -0.472. The molecule has 0 radical (unpaired) electrons. The van der Waals surface area contributed by atoms with E-state index in [0.717, 1.165) is 30.8 Å². The molecule has 0 atom stereocenters. The number of Topliss-reactive ketones (excluding diaryl/α,β-unsaturated/α-hetero) is 3. The molecule has 0 bridgehead atoms. The third-order valence-electron chi connectivity index (χ3n) is 8.04. The van der Waals surface area contributed by atoms with Crippen molar-refractivity contribution < 1.29 is 52.5 Å². The van der Waals surface area contributed by atoms with Crippen molar-refractivity contribution in [3.63, 3.8) is 0 Å². The lowest BCUT2D eigenvalue weighted by molar-refractivity contribution is 0.0586. The number of ether oxygens (including phenoxy) is 5. The zero-order valence-electron chi connectivity index (χ0n) is 33.4. The molecule has 0 saturated heterocycles. The number of rotatable bonds is 16. The Hall–Kier alpha value is -6.10. The van der Waals surface area contributed by atoms with E-state index < -0.39 is 17.9 Å². The Morgan fingerprint density at radius 3 is 0.964 bits per heavy atom. The molecule has 56 heavy (non-hydrogen) atoms. The number of benzene rings is 4. The van der Waals surface area contributed by atoms with E-state index in [2.05, 4.69) is 41.9 Å². The summed E-state index contributed by atoms with van der Waals surface area (Å²) < 4.78 is 24.8. The van der Waals surface area contributed by atoms with E-state index in [9.17, 15) is 28.8 Å². The molecule has 0 aliphatic rings. The van der Waals surface area contributed by atoms with Gasteiger partial charge >= 0.3 is 17.9 Å². The maximum atomic E-state index is 12.3. The van der Waals surface area contributed by atoms with Gasteiger partial charge in [0.1, 0.15) is 11.5 Å². The summed E-state index contributed by atoms with van der Waals surface area (Å²) >= 11 is 0. The summed E-state index contributed by atoms with van der Waals surface area (Å²) in [5.74, 6) is 0.962. The Morgan fingerprint density at radius 2 is 0.696 bits per heavy atom. The Kier molecular flexibility index (Phi) is 20.0. The van der Waals surface area contributed by atoms with Gasteiger partial charge in [0.05, 0.1) is 57.7 Å². The molecule has 0 aliphatic heterocycles. The first-order valence-corrected chi connectivity index (χ1v) is 18.2. The van der Waals surface area contributed by atoms with Gasteiger partial charge in [-0.2, -0.15) is 0 Å². The number of carbonyl (C=O) groups is 6. The molecule has 0 heterocycles. The van der Waals surface area contributed by atoms with Gasteiger partial charge in [0.2, 0.25) is 0 Å². The van der Waals surface area contributed by atoms with Crippen LogP contribution in [0.5, 0.6) is 11.5 Å². The summed E-state index contributed by atoms with van der Waals surface area (Å²) in [6.07, 6.45) is 1.78. The molecule has 0 saturated carbocycles. The number of hydrogen-bond acceptors (Lipinski definition) is 11. The molecule has 0 N–H and O–H groups in total. The number of ketones is 3. The van der Waals surface area contributed by atoms with Crippen LogP contribution in [0.2, 0.25) is 0 Å². The Labute approximate surface area is 329 Å². The van der Waals surface area contributed by atoms with Crippen molar-refractivity contribution in [2.75, 3.05) is 34.5 Å². The Bertz CT molecular complexity index is 1820. The summed E-state index contributed by atoms with van der Waals surface area (Å²) in [5, 5.41) is 0. The fourth-order valence-corrected chi connectivity index (χ4v) is 4.59. The van der Waals surface area contributed by atoms with Crippen molar-refractivity contribution in [1.82, 2.24) is 0 Å². The Balaban J connectivity index is 0.000000316. The van der Waals surface area contributed by atoms with Crippen molar-refractivity contribution >= 4 is 35.3 Å². The third kappa shape index (κ3) is 16.5. The molecule has 0 aromatic heterocycles. The van der Waals surface area contributed by atoms with Crippen LogP contribution < -0.4 is 9.47 Å². The molecule has 0 spiro atoms. The van der Waals surface area contributed by atoms with Crippen LogP contribution in [0.4, 0.5) is 0 Å². The van der Waals surface area contributed by atoms with E-state index >= 15 is 0 Å². The molecule has 4 rings (SSSR count). The molecule has 298 valence electrons. The fraction of sp³-hybridized carbons (Fsp3) is 0.333. The van der Waals surface area contributed by atoms with Crippen LogP contribution in [0.25, 0.3) is 0 Å². The van der Waals surface area contributed by atoms with Crippen LogP contribution >= 0.6 is 0 Å². The zero-order chi connectivity index (χ0) is 41.6. The minimum absolute atomic E-state index is 0.0868. The molecule has 0 fully saturated rings. The van der Waals surface area contributed by atoms with E-state index in [1.807, 2.05) is 12.1 Å². The number of carbonyl (C=O) groups excluding carboxylic acids is 6. The van der Waals surface area contributed by atoms with Gasteiger partial charge in [-0.05, 0) is 117 Å². The van der Waals surface area contributed by atoms with E-state index in [-0.39, 0.29) is 23.8 Å². The molecule has 11 nitrogen and oxygen atoms in total. The molecule has 4 aromatic carbocycles. The molecule has 4 aromatic rings. The van der Waals surface area contributed by atoms with E-state index in [1.54, 1.807) is 43.3 Å². The van der Waals surface area contributed by atoms with Crippen molar-refractivity contribution in [1.29, 1.82) is 0 Å². The fourth-order valence-electron chi connectivity index (χ4n) is 4.59. The predicted molar refractivity (Wildman–Crippen MR) is 213 cm³/mol. The summed E-state index contributed by atoms with van der Waals surface area (Å²) in [7, 11) is 3.90. The molecular weight excluding hydrogens is 716 g/mol. The lowest BCUT2D eigenvalue weighted by atomic mass is 10.0. The number of hydrogen-bond donors (Lipinski definition) is 0. The van der Waals surface area contributed by atoms with Gasteiger partial charge in [-0.3, -0.25) is 14.4 Å². The van der Waals surface area contributed by atoms with Gasteiger partial charge in [-0.15, -0.1) is 0 Å². The summed E-state index contributed by atoms with van der Waals surface area (Å²) in [6, 6.07) is 26.2. The molecule has 0 aliphatic carbocycles. The maximum absolute atomic E-state index is 12.3. The lowest BCUT2D eigenvalue weighted by Gasteiger charge is -2.08. The largest absolute Gasteiger partial charge is 0.494 e. The lowest BCUT2D eigenvalue weighted by Crippen LogP contribution is -2.09. The summed E-state index contributed by atoms with van der Waals surface area (Å²) in [4.78, 5) is 69.1. The smallest absolute Gasteiger partial charge is 0.337 e. The number of esters is 3. The van der Waals surface area contributed by atoms with Crippen molar-refractivity contribution in [2.45, 2.75) is 53.9 Å². The second-order valence-corrected chi connectivity index (χ2v) is 13.3. The quantitative estimate of drug-likeness (QED) is 0.0466. The molecular formula is C45H52O11. The standard InChI is InChI=1S/C22H24O5.C13H18O2.C10H10O4/c1-15(2)12-13-27-19-10-8-17(9-11-19)21(24)14-20(23)16-4-6-18(7-5-16)22(25)26-3;1-10(2)8-9-15-13-6-4-12(5-7-13)11(3)14;1-13-9(11)7-3-5-8(6-4-7)10(12)14-2/h4-11,15H,12-14H2,1-3H3;4-7,10H,8-9H2,1-3H3;3-6H,1-2H3. The van der Waals surface area contributed by atoms with Crippen LogP contribution in [0, 0.1) is 11.8 Å². The van der Waals surface area contributed by atoms with Crippen LogP contribution in [-0.2, 0) is 14.2 Å². The zero-order valence-corrected chi connectivity index (χ0v) is 33.4. The molecule has 11 heteroatoms. The van der Waals surface area contributed by atoms with Crippen LogP contribution in [-0.4, -0.2) is 69.8 Å². The normalized spacial score (nSPS) is 10.2. The first kappa shape index (κ1) is 46.1.